The SMILES string of the molecule is CC1(C)OB(c2cccc(B3OC(C)(C)C(C)(C)O3)c2OCc2ccccc2)OC1(C)C. The van der Waals surface area contributed by atoms with Crippen LogP contribution in [0.25, 0.3) is 0 Å². The van der Waals surface area contributed by atoms with Crippen LogP contribution >= 0.6 is 0 Å². The van der Waals surface area contributed by atoms with Crippen LogP contribution in [-0.4, -0.2) is 36.6 Å². The molecule has 2 heterocycles. The summed E-state index contributed by atoms with van der Waals surface area (Å²) >= 11 is 0. The lowest BCUT2D eigenvalue weighted by Crippen LogP contribution is -2.43. The van der Waals surface area contributed by atoms with E-state index in [0.717, 1.165) is 16.5 Å². The molecule has 32 heavy (non-hydrogen) atoms. The molecule has 0 aliphatic carbocycles. The van der Waals surface area contributed by atoms with Crippen LogP contribution in [0.15, 0.2) is 48.5 Å². The second-order valence-electron chi connectivity index (χ2n) is 10.7. The maximum absolute atomic E-state index is 6.43. The van der Waals surface area contributed by atoms with Crippen molar-refractivity contribution in [2.24, 2.45) is 0 Å². The molecular weight excluding hydrogens is 402 g/mol. The van der Waals surface area contributed by atoms with Crippen molar-refractivity contribution in [2.45, 2.75) is 84.4 Å². The molecule has 0 saturated carbocycles. The molecule has 2 aromatic rings. The van der Waals surface area contributed by atoms with Crippen LogP contribution in [0, 0.1) is 0 Å². The number of ether oxygens (including phenoxy) is 1. The molecule has 0 unspecified atom stereocenters. The summed E-state index contributed by atoms with van der Waals surface area (Å²) in [5.41, 5.74) is 0.960. The van der Waals surface area contributed by atoms with Crippen molar-refractivity contribution in [1.82, 2.24) is 0 Å². The molecular formula is C25H34B2O5. The van der Waals surface area contributed by atoms with E-state index >= 15 is 0 Å². The van der Waals surface area contributed by atoms with Gasteiger partial charge in [0.25, 0.3) is 0 Å². The molecule has 170 valence electrons. The Bertz CT molecular complexity index is 885. The Morgan fingerprint density at radius 1 is 0.594 bits per heavy atom. The van der Waals surface area contributed by atoms with Crippen molar-refractivity contribution in [3.8, 4) is 5.75 Å². The third-order valence-corrected chi connectivity index (χ3v) is 7.32. The van der Waals surface area contributed by atoms with Gasteiger partial charge in [0.15, 0.2) is 0 Å². The number of rotatable bonds is 5. The highest BCUT2D eigenvalue weighted by Crippen LogP contribution is 2.39. The lowest BCUT2D eigenvalue weighted by atomic mass is 9.70. The highest BCUT2D eigenvalue weighted by atomic mass is 16.7. The van der Waals surface area contributed by atoms with Gasteiger partial charge >= 0.3 is 14.2 Å². The van der Waals surface area contributed by atoms with Crippen molar-refractivity contribution in [3.05, 3.63) is 54.1 Å². The average molecular weight is 436 g/mol. The van der Waals surface area contributed by atoms with Crippen molar-refractivity contribution in [1.29, 1.82) is 0 Å². The summed E-state index contributed by atoms with van der Waals surface area (Å²) in [7, 11) is -1.10. The molecule has 0 bridgehead atoms. The Labute approximate surface area is 193 Å². The Balaban J connectivity index is 1.73. The molecule has 0 spiro atoms. The van der Waals surface area contributed by atoms with E-state index in [1.54, 1.807) is 0 Å². The summed E-state index contributed by atoms with van der Waals surface area (Å²) in [5, 5.41) is 0. The molecule has 2 aliphatic heterocycles. The topological polar surface area (TPSA) is 46.2 Å². The quantitative estimate of drug-likeness (QED) is 0.667. The fraction of sp³-hybridized carbons (Fsp3) is 0.520. The van der Waals surface area contributed by atoms with E-state index in [-0.39, 0.29) is 0 Å². The predicted octanol–water partition coefficient (Wildman–Crippen LogP) is 3.86. The van der Waals surface area contributed by atoms with Gasteiger partial charge in [-0.25, -0.2) is 0 Å². The zero-order chi connectivity index (χ0) is 23.4. The van der Waals surface area contributed by atoms with Crippen molar-refractivity contribution in [2.75, 3.05) is 0 Å². The second-order valence-corrected chi connectivity index (χ2v) is 10.7. The third kappa shape index (κ3) is 4.12. The summed E-state index contributed by atoms with van der Waals surface area (Å²) in [6.45, 7) is 16.8. The molecule has 0 atom stereocenters. The van der Waals surface area contributed by atoms with Gasteiger partial charge in [-0.1, -0.05) is 48.5 Å². The van der Waals surface area contributed by atoms with Gasteiger partial charge in [-0.05, 0) is 61.0 Å². The summed E-state index contributed by atoms with van der Waals surface area (Å²) in [4.78, 5) is 0. The first-order valence-electron chi connectivity index (χ1n) is 11.3. The monoisotopic (exact) mass is 436 g/mol. The summed E-state index contributed by atoms with van der Waals surface area (Å²) < 4.78 is 31.9. The van der Waals surface area contributed by atoms with Crippen molar-refractivity contribution in [3.63, 3.8) is 0 Å². The molecule has 2 aliphatic rings. The van der Waals surface area contributed by atoms with Crippen molar-refractivity contribution < 1.29 is 23.4 Å². The van der Waals surface area contributed by atoms with Gasteiger partial charge in [-0.3, -0.25) is 0 Å². The maximum atomic E-state index is 6.43. The van der Waals surface area contributed by atoms with Crippen LogP contribution in [0.1, 0.15) is 61.0 Å². The Morgan fingerprint density at radius 2 is 1.00 bits per heavy atom. The lowest BCUT2D eigenvalue weighted by Gasteiger charge is -2.32. The largest absolute Gasteiger partial charge is 0.498 e. The summed E-state index contributed by atoms with van der Waals surface area (Å²) in [6, 6.07) is 16.1. The van der Waals surface area contributed by atoms with Crippen LogP contribution in [0.3, 0.4) is 0 Å². The van der Waals surface area contributed by atoms with E-state index < -0.39 is 36.6 Å². The summed E-state index contributed by atoms with van der Waals surface area (Å²) in [5.74, 6) is 0.688. The molecule has 0 radical (unpaired) electrons. The average Bonchev–Trinajstić information content (AvgIpc) is 3.06. The molecule has 0 N–H and O–H groups in total. The Hall–Kier alpha value is -1.79. The minimum absolute atomic E-state index is 0.421. The highest BCUT2D eigenvalue weighted by molar-refractivity contribution is 6.68. The number of hydrogen-bond donors (Lipinski definition) is 0. The molecule has 7 heteroatoms. The van der Waals surface area contributed by atoms with Crippen LogP contribution in [0.2, 0.25) is 0 Å². The van der Waals surface area contributed by atoms with Gasteiger partial charge in [0.1, 0.15) is 12.4 Å². The summed E-state index contributed by atoms with van der Waals surface area (Å²) in [6.07, 6.45) is 0. The standard InChI is InChI=1S/C25H34B2O5/c1-22(2)23(3,4)30-26(29-22)19-15-12-16-20(27-31-24(5,6)25(7,8)32-27)21(19)28-17-18-13-10-9-11-14-18/h9-16H,17H2,1-8H3. The Morgan fingerprint density at radius 3 is 1.41 bits per heavy atom. The molecule has 0 amide bonds. The second kappa shape index (κ2) is 7.91. The van der Waals surface area contributed by atoms with Crippen LogP contribution in [0.4, 0.5) is 0 Å². The molecule has 4 rings (SSSR count). The van der Waals surface area contributed by atoms with Crippen LogP contribution < -0.4 is 15.7 Å². The van der Waals surface area contributed by atoms with E-state index in [4.69, 9.17) is 23.4 Å². The maximum Gasteiger partial charge on any atom is 0.498 e. The molecule has 2 aromatic carbocycles. The van der Waals surface area contributed by atoms with Crippen LogP contribution in [-0.2, 0) is 25.2 Å². The van der Waals surface area contributed by atoms with E-state index in [9.17, 15) is 0 Å². The first kappa shape index (κ1) is 23.4. The first-order chi connectivity index (χ1) is 14.8. The zero-order valence-corrected chi connectivity index (χ0v) is 20.5. The third-order valence-electron chi connectivity index (χ3n) is 7.32. The predicted molar refractivity (Wildman–Crippen MR) is 129 cm³/mol. The molecule has 2 saturated heterocycles. The zero-order valence-electron chi connectivity index (χ0n) is 20.5. The number of benzene rings is 2. The minimum Gasteiger partial charge on any atom is -0.490 e. The van der Waals surface area contributed by atoms with Gasteiger partial charge in [0.05, 0.1) is 22.4 Å². The fourth-order valence-electron chi connectivity index (χ4n) is 3.78. The van der Waals surface area contributed by atoms with Gasteiger partial charge in [0, 0.05) is 10.9 Å². The van der Waals surface area contributed by atoms with E-state index in [1.807, 2.05) is 48.5 Å². The van der Waals surface area contributed by atoms with E-state index in [0.29, 0.717) is 12.4 Å². The molecule has 5 nitrogen and oxygen atoms in total. The molecule has 0 aromatic heterocycles. The molecule has 2 fully saturated rings. The van der Waals surface area contributed by atoms with Crippen LogP contribution in [0.5, 0.6) is 5.75 Å². The minimum atomic E-state index is -0.548. The van der Waals surface area contributed by atoms with Gasteiger partial charge in [0.2, 0.25) is 0 Å². The van der Waals surface area contributed by atoms with Gasteiger partial charge < -0.3 is 23.4 Å². The number of para-hydroxylation sites is 1. The lowest BCUT2D eigenvalue weighted by molar-refractivity contribution is 0.00578. The first-order valence-corrected chi connectivity index (χ1v) is 11.3. The Kier molecular flexibility index (Phi) is 5.78. The smallest absolute Gasteiger partial charge is 0.490 e. The van der Waals surface area contributed by atoms with E-state index in [2.05, 4.69) is 55.4 Å². The highest BCUT2D eigenvalue weighted by Gasteiger charge is 2.55. The van der Waals surface area contributed by atoms with Gasteiger partial charge in [-0.15, -0.1) is 0 Å². The fourth-order valence-corrected chi connectivity index (χ4v) is 3.78. The van der Waals surface area contributed by atoms with E-state index in [1.165, 1.54) is 0 Å². The number of hydrogen-bond acceptors (Lipinski definition) is 5. The van der Waals surface area contributed by atoms with Gasteiger partial charge in [-0.2, -0.15) is 0 Å². The van der Waals surface area contributed by atoms with Crippen molar-refractivity contribution >= 4 is 25.2 Å². The normalized spacial score (nSPS) is 22.9.